The molecule has 0 atom stereocenters. The Morgan fingerprint density at radius 3 is 2.69 bits per heavy atom. The van der Waals surface area contributed by atoms with Gasteiger partial charge in [-0.3, -0.25) is 14.3 Å². The molecule has 2 heterocycles. The van der Waals surface area contributed by atoms with Gasteiger partial charge >= 0.3 is 0 Å². The van der Waals surface area contributed by atoms with Crippen molar-refractivity contribution in [1.29, 1.82) is 0 Å². The Bertz CT molecular complexity index is 1330. The number of benzene rings is 2. The van der Waals surface area contributed by atoms with Gasteiger partial charge in [0, 0.05) is 28.7 Å². The molecule has 0 radical (unpaired) electrons. The number of halogens is 1. The molecule has 4 rings (SSSR count). The minimum Gasteiger partial charge on any atom is -0.504 e. The Labute approximate surface area is 210 Å². The first-order chi connectivity index (χ1) is 17.0. The van der Waals surface area contributed by atoms with Crippen molar-refractivity contribution in [2.75, 3.05) is 12.4 Å². The first kappa shape index (κ1) is 24.2. The molecule has 11 heteroatoms. The number of pyridine rings is 1. The molecule has 0 aliphatic heterocycles. The predicted octanol–water partition coefficient (Wildman–Crippen LogP) is 4.33. The number of carbonyl (C=O) groups excluding carboxylic acids is 1. The molecule has 1 amide bonds. The maximum atomic E-state index is 12.4. The van der Waals surface area contributed by atoms with Crippen molar-refractivity contribution in [3.63, 3.8) is 0 Å². The number of ether oxygens (including phenoxy) is 1. The van der Waals surface area contributed by atoms with Crippen LogP contribution >= 0.6 is 23.4 Å². The van der Waals surface area contributed by atoms with Crippen LogP contribution in [0.15, 0.2) is 77.2 Å². The van der Waals surface area contributed by atoms with Crippen LogP contribution in [-0.4, -0.2) is 49.3 Å². The molecule has 0 spiro atoms. The van der Waals surface area contributed by atoms with E-state index >= 15 is 0 Å². The Morgan fingerprint density at radius 2 is 1.94 bits per heavy atom. The van der Waals surface area contributed by atoms with E-state index in [-0.39, 0.29) is 17.4 Å². The van der Waals surface area contributed by atoms with Crippen molar-refractivity contribution in [2.24, 2.45) is 5.10 Å². The number of hydrogen-bond acceptors (Lipinski definition) is 8. The Balaban J connectivity index is 1.46. The van der Waals surface area contributed by atoms with E-state index in [4.69, 9.17) is 16.3 Å². The number of phenolic OH excluding ortho intramolecular Hbond substituents is 1. The number of amides is 1. The molecular formula is C24H21ClN6O3S. The van der Waals surface area contributed by atoms with Gasteiger partial charge in [0.25, 0.3) is 5.91 Å². The number of nitrogens with one attached hydrogen (secondary N) is 1. The molecule has 2 aromatic carbocycles. The third-order valence-corrected chi connectivity index (χ3v) is 5.86. The second-order valence-electron chi connectivity index (χ2n) is 7.10. The molecule has 2 aromatic heterocycles. The molecule has 2 N–H and O–H groups in total. The summed E-state index contributed by atoms with van der Waals surface area (Å²) >= 11 is 7.29. The average Bonchev–Trinajstić information content (AvgIpc) is 3.30. The SMILES string of the molecule is CCOc1cc(/C=N/NC(=O)CSc2nnc(-c3ccncc3)n2-c2ccc(Cl)cc2)ccc1O. The maximum Gasteiger partial charge on any atom is 0.250 e. The number of phenols is 1. The van der Waals surface area contributed by atoms with E-state index in [0.717, 1.165) is 11.3 Å². The third kappa shape index (κ3) is 6.17. The smallest absolute Gasteiger partial charge is 0.250 e. The third-order valence-electron chi connectivity index (χ3n) is 4.68. The number of rotatable bonds is 9. The van der Waals surface area contributed by atoms with Gasteiger partial charge in [-0.15, -0.1) is 10.2 Å². The molecule has 0 bridgehead atoms. The van der Waals surface area contributed by atoms with Crippen molar-refractivity contribution in [2.45, 2.75) is 12.1 Å². The van der Waals surface area contributed by atoms with E-state index in [9.17, 15) is 9.90 Å². The van der Waals surface area contributed by atoms with Crippen LogP contribution in [0, 0.1) is 0 Å². The number of hydrogen-bond donors (Lipinski definition) is 2. The number of carbonyl (C=O) groups is 1. The first-order valence-electron chi connectivity index (χ1n) is 10.6. The van der Waals surface area contributed by atoms with Gasteiger partial charge in [-0.25, -0.2) is 5.43 Å². The number of thioether (sulfide) groups is 1. The summed E-state index contributed by atoms with van der Waals surface area (Å²) < 4.78 is 7.21. The van der Waals surface area contributed by atoms with Crippen LogP contribution in [0.1, 0.15) is 12.5 Å². The summed E-state index contributed by atoms with van der Waals surface area (Å²) in [5.74, 6) is 0.767. The fourth-order valence-electron chi connectivity index (χ4n) is 3.10. The van der Waals surface area contributed by atoms with Crippen LogP contribution in [-0.2, 0) is 4.79 Å². The van der Waals surface area contributed by atoms with E-state index < -0.39 is 0 Å². The lowest BCUT2D eigenvalue weighted by Crippen LogP contribution is -2.20. The lowest BCUT2D eigenvalue weighted by atomic mass is 10.2. The normalized spacial score (nSPS) is 11.0. The average molecular weight is 509 g/mol. The van der Waals surface area contributed by atoms with Crippen molar-refractivity contribution >= 4 is 35.5 Å². The number of aromatic nitrogens is 4. The highest BCUT2D eigenvalue weighted by Crippen LogP contribution is 2.28. The molecule has 0 unspecified atom stereocenters. The summed E-state index contributed by atoms with van der Waals surface area (Å²) in [6.07, 6.45) is 4.84. The Kier molecular flexibility index (Phi) is 7.96. The highest BCUT2D eigenvalue weighted by molar-refractivity contribution is 7.99. The largest absolute Gasteiger partial charge is 0.504 e. The summed E-state index contributed by atoms with van der Waals surface area (Å²) in [5.41, 5.74) is 4.81. The lowest BCUT2D eigenvalue weighted by Gasteiger charge is -2.10. The summed E-state index contributed by atoms with van der Waals surface area (Å²) in [7, 11) is 0. The van der Waals surface area contributed by atoms with Gasteiger partial charge in [0.1, 0.15) is 0 Å². The molecule has 4 aromatic rings. The standard InChI is InChI=1S/C24H21ClN6O3S/c1-2-34-21-13-16(3-8-20(21)32)14-27-28-22(33)15-35-24-30-29-23(17-9-11-26-12-10-17)31(24)19-6-4-18(25)5-7-19/h3-14,32H,2,15H2,1H3,(H,28,33)/b27-14+. The van der Waals surface area contributed by atoms with Gasteiger partial charge in [0.15, 0.2) is 22.5 Å². The molecule has 178 valence electrons. The van der Waals surface area contributed by atoms with Crippen LogP contribution in [0.2, 0.25) is 5.02 Å². The maximum absolute atomic E-state index is 12.4. The van der Waals surface area contributed by atoms with Crippen LogP contribution < -0.4 is 10.2 Å². The second-order valence-corrected chi connectivity index (χ2v) is 8.47. The quantitative estimate of drug-likeness (QED) is 0.196. The number of nitrogens with zero attached hydrogens (tertiary/aromatic N) is 5. The zero-order valence-electron chi connectivity index (χ0n) is 18.6. The molecular weight excluding hydrogens is 488 g/mol. The van der Waals surface area contributed by atoms with Crippen molar-refractivity contribution in [3.05, 3.63) is 77.6 Å². The van der Waals surface area contributed by atoms with E-state index in [1.807, 2.05) is 35.8 Å². The number of aromatic hydroxyl groups is 1. The van der Waals surface area contributed by atoms with E-state index in [2.05, 4.69) is 25.7 Å². The zero-order chi connectivity index (χ0) is 24.6. The van der Waals surface area contributed by atoms with Gasteiger partial charge in [0.05, 0.1) is 18.6 Å². The fraction of sp³-hybridized carbons (Fsp3) is 0.125. The Hall–Kier alpha value is -3.89. The lowest BCUT2D eigenvalue weighted by molar-refractivity contribution is -0.118. The summed E-state index contributed by atoms with van der Waals surface area (Å²) in [4.78, 5) is 16.5. The van der Waals surface area contributed by atoms with Gasteiger partial charge < -0.3 is 9.84 Å². The van der Waals surface area contributed by atoms with Crippen LogP contribution in [0.4, 0.5) is 0 Å². The van der Waals surface area contributed by atoms with Crippen molar-refractivity contribution < 1.29 is 14.6 Å². The van der Waals surface area contributed by atoms with Crippen molar-refractivity contribution in [1.82, 2.24) is 25.2 Å². The highest BCUT2D eigenvalue weighted by atomic mass is 35.5. The van der Waals surface area contributed by atoms with E-state index in [0.29, 0.717) is 33.9 Å². The van der Waals surface area contributed by atoms with Gasteiger partial charge in [-0.2, -0.15) is 5.10 Å². The summed E-state index contributed by atoms with van der Waals surface area (Å²) in [6.45, 7) is 2.25. The minimum absolute atomic E-state index is 0.0420. The van der Waals surface area contributed by atoms with Crippen LogP contribution in [0.3, 0.4) is 0 Å². The van der Waals surface area contributed by atoms with Crippen LogP contribution in [0.25, 0.3) is 17.1 Å². The Morgan fingerprint density at radius 1 is 1.17 bits per heavy atom. The molecule has 0 aliphatic rings. The van der Waals surface area contributed by atoms with Gasteiger partial charge in [-0.1, -0.05) is 23.4 Å². The molecule has 9 nitrogen and oxygen atoms in total. The summed E-state index contributed by atoms with van der Waals surface area (Å²) in [5, 5.41) is 23.6. The highest BCUT2D eigenvalue weighted by Gasteiger charge is 2.17. The zero-order valence-corrected chi connectivity index (χ0v) is 20.2. The number of hydrazone groups is 1. The van der Waals surface area contributed by atoms with Crippen molar-refractivity contribution in [3.8, 4) is 28.6 Å². The molecule has 0 fully saturated rings. The second kappa shape index (κ2) is 11.5. The fourth-order valence-corrected chi connectivity index (χ4v) is 3.97. The van der Waals surface area contributed by atoms with E-state index in [1.54, 1.807) is 36.7 Å². The molecule has 35 heavy (non-hydrogen) atoms. The molecule has 0 saturated carbocycles. The van der Waals surface area contributed by atoms with Gasteiger partial charge in [-0.05, 0) is 67.1 Å². The molecule has 0 aliphatic carbocycles. The monoisotopic (exact) mass is 508 g/mol. The summed E-state index contributed by atoms with van der Waals surface area (Å²) in [6, 6.07) is 15.8. The van der Waals surface area contributed by atoms with E-state index in [1.165, 1.54) is 24.0 Å². The predicted molar refractivity (Wildman–Crippen MR) is 135 cm³/mol. The topological polar surface area (TPSA) is 115 Å². The van der Waals surface area contributed by atoms with Crippen LogP contribution in [0.5, 0.6) is 11.5 Å². The van der Waals surface area contributed by atoms with Gasteiger partial charge in [0.2, 0.25) is 0 Å². The molecule has 0 saturated heterocycles. The first-order valence-corrected chi connectivity index (χ1v) is 11.9. The minimum atomic E-state index is -0.314.